The van der Waals surface area contributed by atoms with E-state index in [1.54, 1.807) is 50.5 Å². The zero-order valence-corrected chi connectivity index (χ0v) is 16.4. The van der Waals surface area contributed by atoms with Gasteiger partial charge in [-0.2, -0.15) is 0 Å². The number of nitro benzene ring substituents is 2. The molecular weight excluding hydrogens is 384 g/mol. The molecule has 0 radical (unpaired) electrons. The van der Waals surface area contributed by atoms with E-state index in [4.69, 9.17) is 0 Å². The van der Waals surface area contributed by atoms with E-state index >= 15 is 0 Å². The molecule has 0 amide bonds. The highest BCUT2D eigenvalue weighted by atomic mass is 16.6. The molecule has 0 aromatic heterocycles. The van der Waals surface area contributed by atoms with Crippen molar-refractivity contribution in [2.75, 3.05) is 0 Å². The van der Waals surface area contributed by atoms with Crippen LogP contribution in [-0.2, 0) is 0 Å². The van der Waals surface area contributed by atoms with Gasteiger partial charge in [-0.05, 0) is 37.1 Å². The van der Waals surface area contributed by atoms with Crippen molar-refractivity contribution in [2.24, 2.45) is 9.98 Å². The SMILES string of the molecule is Cc1c(N=Cc2ccc(C=Nc3cccc([N+](=O)[O-])c3C)cc2)cccc1[N+](=O)[O-]. The van der Waals surface area contributed by atoms with Crippen LogP contribution in [0.5, 0.6) is 0 Å². The lowest BCUT2D eigenvalue weighted by molar-refractivity contribution is -0.385. The minimum atomic E-state index is -0.425. The molecule has 8 nitrogen and oxygen atoms in total. The Labute approximate surface area is 172 Å². The van der Waals surface area contributed by atoms with Gasteiger partial charge in [0.25, 0.3) is 11.4 Å². The van der Waals surface area contributed by atoms with Gasteiger partial charge in [0.05, 0.1) is 32.3 Å². The lowest BCUT2D eigenvalue weighted by atomic mass is 10.1. The average Bonchev–Trinajstić information content (AvgIpc) is 2.72. The molecule has 3 aromatic rings. The van der Waals surface area contributed by atoms with Crippen LogP contribution in [0, 0.1) is 34.1 Å². The average molecular weight is 402 g/mol. The van der Waals surface area contributed by atoms with Gasteiger partial charge in [-0.25, -0.2) is 0 Å². The van der Waals surface area contributed by atoms with E-state index in [0.717, 1.165) is 11.1 Å². The molecule has 0 saturated carbocycles. The van der Waals surface area contributed by atoms with Gasteiger partial charge in [-0.3, -0.25) is 30.2 Å². The molecule has 0 aliphatic heterocycles. The number of benzene rings is 3. The fourth-order valence-electron chi connectivity index (χ4n) is 2.85. The van der Waals surface area contributed by atoms with Crippen molar-refractivity contribution >= 4 is 35.2 Å². The second kappa shape index (κ2) is 8.87. The van der Waals surface area contributed by atoms with E-state index in [2.05, 4.69) is 9.98 Å². The van der Waals surface area contributed by atoms with E-state index in [-0.39, 0.29) is 11.4 Å². The Balaban J connectivity index is 1.76. The molecule has 8 heteroatoms. The number of nitro groups is 2. The summed E-state index contributed by atoms with van der Waals surface area (Å²) in [4.78, 5) is 29.9. The second-order valence-corrected chi connectivity index (χ2v) is 6.54. The van der Waals surface area contributed by atoms with E-state index in [1.807, 2.05) is 24.3 Å². The minimum absolute atomic E-state index is 0.0349. The lowest BCUT2D eigenvalue weighted by Gasteiger charge is -2.02. The molecule has 0 unspecified atom stereocenters. The molecule has 0 bridgehead atoms. The second-order valence-electron chi connectivity index (χ2n) is 6.54. The number of aliphatic imine (C=N–C) groups is 2. The summed E-state index contributed by atoms with van der Waals surface area (Å²) in [6.07, 6.45) is 3.27. The zero-order valence-electron chi connectivity index (χ0n) is 16.4. The number of hydrogen-bond acceptors (Lipinski definition) is 6. The van der Waals surface area contributed by atoms with E-state index in [1.165, 1.54) is 12.1 Å². The van der Waals surface area contributed by atoms with Crippen molar-refractivity contribution in [1.82, 2.24) is 0 Å². The van der Waals surface area contributed by atoms with Crippen molar-refractivity contribution in [3.63, 3.8) is 0 Å². The highest BCUT2D eigenvalue weighted by molar-refractivity contribution is 5.86. The third-order valence-corrected chi connectivity index (χ3v) is 4.59. The molecule has 0 aliphatic rings. The maximum Gasteiger partial charge on any atom is 0.274 e. The van der Waals surface area contributed by atoms with Crippen LogP contribution in [0.25, 0.3) is 0 Å². The summed E-state index contributed by atoms with van der Waals surface area (Å²) < 4.78 is 0. The maximum absolute atomic E-state index is 11.0. The number of hydrogen-bond donors (Lipinski definition) is 0. The monoisotopic (exact) mass is 402 g/mol. The van der Waals surface area contributed by atoms with Crippen molar-refractivity contribution in [2.45, 2.75) is 13.8 Å². The van der Waals surface area contributed by atoms with Gasteiger partial charge in [0.15, 0.2) is 0 Å². The largest absolute Gasteiger partial charge is 0.274 e. The lowest BCUT2D eigenvalue weighted by Crippen LogP contribution is -1.92. The molecule has 0 fully saturated rings. The van der Waals surface area contributed by atoms with Gasteiger partial charge in [0.1, 0.15) is 0 Å². The predicted molar refractivity (Wildman–Crippen MR) is 117 cm³/mol. The first-order valence-electron chi connectivity index (χ1n) is 9.03. The fourth-order valence-corrected chi connectivity index (χ4v) is 2.85. The summed E-state index contributed by atoms with van der Waals surface area (Å²) in [5, 5.41) is 22.1. The molecule has 0 aliphatic carbocycles. The van der Waals surface area contributed by atoms with Crippen LogP contribution in [0.15, 0.2) is 70.6 Å². The summed E-state index contributed by atoms with van der Waals surface area (Å²) in [7, 11) is 0. The van der Waals surface area contributed by atoms with Crippen molar-refractivity contribution in [3.8, 4) is 0 Å². The maximum atomic E-state index is 11.0. The molecule has 3 rings (SSSR count). The van der Waals surface area contributed by atoms with Gasteiger partial charge >= 0.3 is 0 Å². The molecule has 30 heavy (non-hydrogen) atoms. The summed E-state index contributed by atoms with van der Waals surface area (Å²) >= 11 is 0. The quantitative estimate of drug-likeness (QED) is 0.302. The van der Waals surface area contributed by atoms with Crippen molar-refractivity contribution < 1.29 is 9.85 Å². The summed E-state index contributed by atoms with van der Waals surface area (Å²) in [6, 6.07) is 16.9. The van der Waals surface area contributed by atoms with Crippen molar-refractivity contribution in [1.29, 1.82) is 0 Å². The van der Waals surface area contributed by atoms with Crippen LogP contribution in [0.4, 0.5) is 22.7 Å². The van der Waals surface area contributed by atoms with Gasteiger partial charge in [0, 0.05) is 24.6 Å². The third-order valence-electron chi connectivity index (χ3n) is 4.59. The first-order chi connectivity index (χ1) is 14.4. The Morgan fingerprint density at radius 2 is 1.03 bits per heavy atom. The molecule has 0 atom stereocenters. The molecule has 0 heterocycles. The third kappa shape index (κ3) is 4.61. The predicted octanol–water partition coefficient (Wildman–Crippen LogP) is 5.62. The Kier molecular flexibility index (Phi) is 6.07. The Morgan fingerprint density at radius 1 is 0.667 bits per heavy atom. The molecular formula is C22H18N4O4. The Morgan fingerprint density at radius 3 is 1.37 bits per heavy atom. The molecule has 150 valence electrons. The zero-order chi connectivity index (χ0) is 21.7. The fraction of sp³-hybridized carbons (Fsp3) is 0.0909. The van der Waals surface area contributed by atoms with Crippen LogP contribution in [-0.4, -0.2) is 22.3 Å². The van der Waals surface area contributed by atoms with E-state index < -0.39 is 9.85 Å². The van der Waals surface area contributed by atoms with Gasteiger partial charge in [-0.15, -0.1) is 0 Å². The van der Waals surface area contributed by atoms with Gasteiger partial charge in [-0.1, -0.05) is 36.4 Å². The standard InChI is InChI=1S/C22H18N4O4/c1-15-19(5-3-7-21(15)25(27)28)23-13-17-9-11-18(12-10-17)14-24-20-6-4-8-22(16(20)2)26(29)30/h3-14H,1-2H3. The highest BCUT2D eigenvalue weighted by Gasteiger charge is 2.13. The normalized spacial score (nSPS) is 11.3. The van der Waals surface area contributed by atoms with Gasteiger partial charge in [0.2, 0.25) is 0 Å². The minimum Gasteiger partial charge on any atom is -0.258 e. The topological polar surface area (TPSA) is 111 Å². The molecule has 0 spiro atoms. The molecule has 0 N–H and O–H groups in total. The Hall–Kier alpha value is -4.20. The summed E-state index contributed by atoms with van der Waals surface area (Å²) in [5.74, 6) is 0. The Bertz CT molecular complexity index is 1080. The van der Waals surface area contributed by atoms with E-state index in [9.17, 15) is 20.2 Å². The first-order valence-corrected chi connectivity index (χ1v) is 9.03. The van der Waals surface area contributed by atoms with E-state index in [0.29, 0.717) is 22.5 Å². The van der Waals surface area contributed by atoms with Gasteiger partial charge < -0.3 is 0 Å². The first kappa shape index (κ1) is 20.5. The summed E-state index contributed by atoms with van der Waals surface area (Å²) in [5.41, 5.74) is 3.81. The highest BCUT2D eigenvalue weighted by Crippen LogP contribution is 2.28. The van der Waals surface area contributed by atoms with Crippen molar-refractivity contribution in [3.05, 3.63) is 103 Å². The smallest absolute Gasteiger partial charge is 0.258 e. The molecule has 3 aromatic carbocycles. The van der Waals surface area contributed by atoms with Crippen LogP contribution in [0.1, 0.15) is 22.3 Å². The number of nitrogens with zero attached hydrogens (tertiary/aromatic N) is 4. The van der Waals surface area contributed by atoms with Crippen LogP contribution >= 0.6 is 0 Å². The summed E-state index contributed by atoms with van der Waals surface area (Å²) in [6.45, 7) is 3.33. The number of rotatable bonds is 6. The molecule has 0 saturated heterocycles. The van der Waals surface area contributed by atoms with Crippen LogP contribution in [0.3, 0.4) is 0 Å². The van der Waals surface area contributed by atoms with Crippen LogP contribution < -0.4 is 0 Å². The van der Waals surface area contributed by atoms with Crippen LogP contribution in [0.2, 0.25) is 0 Å².